The normalized spacial score (nSPS) is 14.5. The molecule has 39 heavy (non-hydrogen) atoms. The minimum absolute atomic E-state index is 0.0157. The van der Waals surface area contributed by atoms with Crippen molar-refractivity contribution in [1.29, 1.82) is 0 Å². The highest BCUT2D eigenvalue weighted by molar-refractivity contribution is 7.89. The lowest BCUT2D eigenvalue weighted by Crippen LogP contribution is -2.44. The van der Waals surface area contributed by atoms with Gasteiger partial charge >= 0.3 is 15.5 Å². The summed E-state index contributed by atoms with van der Waals surface area (Å²) in [5.41, 5.74) is -1.63. The van der Waals surface area contributed by atoms with Crippen LogP contribution in [0.15, 0.2) is 36.7 Å². The second kappa shape index (κ2) is 10.0. The molecule has 0 bridgehead atoms. The quantitative estimate of drug-likeness (QED) is 0.366. The molecule has 0 saturated heterocycles. The number of fused-ring (bicyclic) bond motifs is 2. The number of sulfonamides is 1. The van der Waals surface area contributed by atoms with E-state index >= 15 is 0 Å². The lowest BCUT2D eigenvalue weighted by Gasteiger charge is -2.26. The Morgan fingerprint density at radius 1 is 1.10 bits per heavy atom. The van der Waals surface area contributed by atoms with Gasteiger partial charge in [-0.05, 0) is 30.0 Å². The Balaban J connectivity index is 1.22. The van der Waals surface area contributed by atoms with Gasteiger partial charge in [-0.25, -0.2) is 28.1 Å². The van der Waals surface area contributed by atoms with E-state index in [0.29, 0.717) is 40.1 Å². The van der Waals surface area contributed by atoms with Crippen molar-refractivity contribution >= 4 is 21.7 Å². The summed E-state index contributed by atoms with van der Waals surface area (Å²) in [5.74, 6) is 0.745. The monoisotopic (exact) mass is 562 g/mol. The molecule has 0 radical (unpaired) electrons. The summed E-state index contributed by atoms with van der Waals surface area (Å²) in [5, 5.41) is 7.24. The number of alkyl halides is 3. The van der Waals surface area contributed by atoms with E-state index in [4.69, 9.17) is 0 Å². The number of hydrogen-bond donors (Lipinski definition) is 1. The molecule has 1 amide bonds. The summed E-state index contributed by atoms with van der Waals surface area (Å²) < 4.78 is 65.6. The average Bonchev–Trinajstić information content (AvgIpc) is 3.47. The minimum atomic E-state index is -5.43. The lowest BCUT2D eigenvalue weighted by molar-refractivity contribution is -0.0496. The standard InChI is InChI=1S/C24H25F3N8O3S/c1-3-18-21(34-13-15(2)11-29-23(34)30-18)22(36)28-12-17-6-4-16(5-7-17)10-19-31-20-14-33(8-9-35(20)32-19)39(37,38)24(25,26)27/h4-7,11,13H,3,8-10,12,14H2,1-2H3,(H,28,36). The molecule has 15 heteroatoms. The van der Waals surface area contributed by atoms with Gasteiger partial charge in [0.05, 0.1) is 18.8 Å². The molecule has 0 unspecified atom stereocenters. The Kier molecular flexibility index (Phi) is 6.88. The molecule has 1 aliphatic heterocycles. The van der Waals surface area contributed by atoms with E-state index in [2.05, 4.69) is 25.4 Å². The molecule has 0 aliphatic carbocycles. The molecule has 1 aromatic carbocycles. The van der Waals surface area contributed by atoms with Gasteiger partial charge in [0.15, 0.2) is 5.82 Å². The van der Waals surface area contributed by atoms with Crippen LogP contribution >= 0.6 is 0 Å². The van der Waals surface area contributed by atoms with E-state index in [9.17, 15) is 26.4 Å². The summed E-state index contributed by atoms with van der Waals surface area (Å²) >= 11 is 0. The van der Waals surface area contributed by atoms with Crippen LogP contribution in [0.25, 0.3) is 5.78 Å². The molecule has 0 saturated carbocycles. The van der Waals surface area contributed by atoms with Crippen molar-refractivity contribution in [3.05, 3.63) is 76.4 Å². The molecule has 1 aliphatic rings. The fraction of sp³-hybridized carbons (Fsp3) is 0.375. The second-order valence-electron chi connectivity index (χ2n) is 9.19. The first-order valence-corrected chi connectivity index (χ1v) is 13.6. The third kappa shape index (κ3) is 5.23. The van der Waals surface area contributed by atoms with Gasteiger partial charge < -0.3 is 5.32 Å². The largest absolute Gasteiger partial charge is 0.511 e. The second-order valence-corrected chi connectivity index (χ2v) is 11.1. The molecule has 1 N–H and O–H groups in total. The highest BCUT2D eigenvalue weighted by atomic mass is 32.2. The maximum atomic E-state index is 13.0. The number of aromatic nitrogens is 6. The van der Waals surface area contributed by atoms with E-state index in [1.54, 1.807) is 10.6 Å². The van der Waals surface area contributed by atoms with Gasteiger partial charge in [-0.3, -0.25) is 9.20 Å². The third-order valence-corrected chi connectivity index (χ3v) is 7.95. The zero-order chi connectivity index (χ0) is 27.9. The molecule has 4 aromatic rings. The summed E-state index contributed by atoms with van der Waals surface area (Å²) in [6, 6.07) is 7.40. The summed E-state index contributed by atoms with van der Waals surface area (Å²) in [4.78, 5) is 26.0. The van der Waals surface area contributed by atoms with Crippen LogP contribution in [0.1, 0.15) is 51.4 Å². The first-order valence-electron chi connectivity index (χ1n) is 12.1. The van der Waals surface area contributed by atoms with E-state index in [0.717, 1.165) is 16.7 Å². The van der Waals surface area contributed by atoms with Crippen molar-refractivity contribution in [2.24, 2.45) is 0 Å². The smallest absolute Gasteiger partial charge is 0.347 e. The van der Waals surface area contributed by atoms with Crippen molar-refractivity contribution in [3.63, 3.8) is 0 Å². The van der Waals surface area contributed by atoms with Crippen molar-refractivity contribution in [1.82, 2.24) is 38.8 Å². The molecular formula is C24H25F3N8O3S. The highest BCUT2D eigenvalue weighted by Gasteiger charge is 2.50. The number of nitrogens with zero attached hydrogens (tertiary/aromatic N) is 7. The zero-order valence-corrected chi connectivity index (χ0v) is 21.9. The van der Waals surface area contributed by atoms with Crippen LogP contribution in [-0.4, -0.2) is 59.8 Å². The van der Waals surface area contributed by atoms with Gasteiger partial charge in [-0.15, -0.1) is 0 Å². The van der Waals surface area contributed by atoms with Crippen LogP contribution < -0.4 is 5.32 Å². The minimum Gasteiger partial charge on any atom is -0.347 e. The van der Waals surface area contributed by atoms with Gasteiger partial charge in [0.25, 0.3) is 5.91 Å². The fourth-order valence-corrected chi connectivity index (χ4v) is 5.28. The van der Waals surface area contributed by atoms with Gasteiger partial charge in [0, 0.05) is 31.9 Å². The van der Waals surface area contributed by atoms with E-state index < -0.39 is 22.1 Å². The maximum absolute atomic E-state index is 13.0. The summed E-state index contributed by atoms with van der Waals surface area (Å²) in [6.07, 6.45) is 4.42. The Morgan fingerprint density at radius 3 is 2.51 bits per heavy atom. The molecular weight excluding hydrogens is 537 g/mol. The van der Waals surface area contributed by atoms with Crippen LogP contribution in [0.4, 0.5) is 13.2 Å². The molecule has 3 aromatic heterocycles. The number of carbonyl (C=O) groups excluding carboxylic acids is 1. The van der Waals surface area contributed by atoms with Crippen molar-refractivity contribution < 1.29 is 26.4 Å². The van der Waals surface area contributed by atoms with Crippen LogP contribution in [0, 0.1) is 6.92 Å². The van der Waals surface area contributed by atoms with Gasteiger partial charge in [-0.2, -0.15) is 22.6 Å². The average molecular weight is 563 g/mol. The lowest BCUT2D eigenvalue weighted by atomic mass is 10.1. The SMILES string of the molecule is CCc1nc2ncc(C)cn2c1C(=O)NCc1ccc(Cc2nc3n(n2)CCN(S(=O)(=O)C(F)(F)F)C3)cc1. The van der Waals surface area contributed by atoms with E-state index in [1.807, 2.05) is 44.3 Å². The van der Waals surface area contributed by atoms with Crippen molar-refractivity contribution in [2.45, 2.75) is 51.8 Å². The van der Waals surface area contributed by atoms with Crippen LogP contribution in [-0.2, 0) is 42.5 Å². The molecule has 11 nitrogen and oxygen atoms in total. The van der Waals surface area contributed by atoms with Crippen LogP contribution in [0.2, 0.25) is 0 Å². The molecule has 5 rings (SSSR count). The Morgan fingerprint density at radius 2 is 1.82 bits per heavy atom. The van der Waals surface area contributed by atoms with E-state index in [1.165, 1.54) is 4.68 Å². The predicted octanol–water partition coefficient (Wildman–Crippen LogP) is 2.38. The van der Waals surface area contributed by atoms with Crippen molar-refractivity contribution in [2.75, 3.05) is 6.54 Å². The number of imidazole rings is 1. The summed E-state index contributed by atoms with van der Waals surface area (Å²) in [6.45, 7) is 3.27. The molecule has 206 valence electrons. The number of halogens is 3. The molecule has 4 heterocycles. The molecule has 0 atom stereocenters. The number of aryl methyl sites for hydroxylation is 2. The third-order valence-electron chi connectivity index (χ3n) is 6.37. The topological polar surface area (TPSA) is 127 Å². The highest BCUT2D eigenvalue weighted by Crippen LogP contribution is 2.29. The van der Waals surface area contributed by atoms with Crippen molar-refractivity contribution in [3.8, 4) is 0 Å². The van der Waals surface area contributed by atoms with Crippen LogP contribution in [0.3, 0.4) is 0 Å². The van der Waals surface area contributed by atoms with Gasteiger partial charge in [0.2, 0.25) is 5.78 Å². The number of nitrogens with one attached hydrogen (secondary N) is 1. The summed E-state index contributed by atoms with van der Waals surface area (Å²) in [7, 11) is -5.43. The van der Waals surface area contributed by atoms with Gasteiger partial charge in [0.1, 0.15) is 11.5 Å². The number of benzene rings is 1. The first kappa shape index (κ1) is 26.7. The molecule has 0 fully saturated rings. The van der Waals surface area contributed by atoms with Crippen LogP contribution in [0.5, 0.6) is 0 Å². The Bertz CT molecular complexity index is 1650. The predicted molar refractivity (Wildman–Crippen MR) is 133 cm³/mol. The number of rotatable bonds is 7. The van der Waals surface area contributed by atoms with E-state index in [-0.39, 0.29) is 31.4 Å². The Labute approximate surface area is 221 Å². The molecule has 0 spiro atoms. The number of amides is 1. The maximum Gasteiger partial charge on any atom is 0.511 e. The van der Waals surface area contributed by atoms with Gasteiger partial charge in [-0.1, -0.05) is 31.2 Å². The fourth-order valence-electron chi connectivity index (χ4n) is 4.38. The number of hydrogen-bond acceptors (Lipinski definition) is 7. The Hall–Kier alpha value is -3.85. The number of carbonyl (C=O) groups is 1. The first-order chi connectivity index (χ1) is 18.5. The zero-order valence-electron chi connectivity index (χ0n) is 21.1.